The highest BCUT2D eigenvalue weighted by atomic mass is 19.3. The van der Waals surface area contributed by atoms with Crippen LogP contribution in [0, 0.1) is 5.82 Å². The van der Waals surface area contributed by atoms with Crippen molar-refractivity contribution < 1.29 is 27.4 Å². The molecule has 0 aromatic carbocycles. The van der Waals surface area contributed by atoms with Crippen LogP contribution in [-0.2, 0) is 4.74 Å². The fourth-order valence-electron chi connectivity index (χ4n) is 1.14. The highest BCUT2D eigenvalue weighted by Crippen LogP contribution is 2.31. The molecule has 1 aromatic rings. The lowest BCUT2D eigenvalue weighted by molar-refractivity contribution is 0.0589. The van der Waals surface area contributed by atoms with Crippen molar-refractivity contribution in [3.05, 3.63) is 23.3 Å². The largest absolute Gasteiger partial charge is 0.494 e. The third kappa shape index (κ3) is 2.07. The summed E-state index contributed by atoms with van der Waals surface area (Å²) in [6.45, 7) is 0. The number of esters is 1. The Kier molecular flexibility index (Phi) is 3.70. The van der Waals surface area contributed by atoms with Crippen LogP contribution >= 0.6 is 0 Å². The molecule has 16 heavy (non-hydrogen) atoms. The molecule has 1 heterocycles. The molecule has 0 N–H and O–H groups in total. The maximum atomic E-state index is 13.2. The predicted molar refractivity (Wildman–Crippen MR) is 47.0 cm³/mol. The number of carbonyl (C=O) groups is 1. The average Bonchev–Trinajstić information content (AvgIpc) is 2.26. The molecule has 0 spiro atoms. The number of halogens is 3. The fraction of sp³-hybridized carbons (Fsp3) is 0.333. The first-order chi connectivity index (χ1) is 7.52. The van der Waals surface area contributed by atoms with Gasteiger partial charge in [-0.2, -0.15) is 0 Å². The Labute approximate surface area is 89.0 Å². The van der Waals surface area contributed by atoms with E-state index in [0.29, 0.717) is 6.20 Å². The molecule has 0 unspecified atom stereocenters. The molecule has 1 aromatic heterocycles. The Morgan fingerprint density at radius 1 is 1.44 bits per heavy atom. The monoisotopic (exact) mass is 235 g/mol. The van der Waals surface area contributed by atoms with E-state index in [9.17, 15) is 18.0 Å². The molecule has 0 bridgehead atoms. The smallest absolute Gasteiger partial charge is 0.344 e. The number of methoxy groups -OCH3 is 2. The van der Waals surface area contributed by atoms with Gasteiger partial charge in [0.05, 0.1) is 20.4 Å². The predicted octanol–water partition coefficient (Wildman–Crippen LogP) is 1.95. The molecule has 1 rings (SSSR count). The number of alkyl halides is 2. The first-order valence-electron chi connectivity index (χ1n) is 4.11. The first-order valence-corrected chi connectivity index (χ1v) is 4.11. The highest BCUT2D eigenvalue weighted by Gasteiger charge is 2.26. The Balaban J connectivity index is 3.44. The van der Waals surface area contributed by atoms with Gasteiger partial charge in [0.1, 0.15) is 11.3 Å². The molecule has 4 nitrogen and oxygen atoms in total. The van der Waals surface area contributed by atoms with Gasteiger partial charge in [0.25, 0.3) is 6.43 Å². The molecule has 0 fully saturated rings. The average molecular weight is 235 g/mol. The molecular formula is C9H8F3NO3. The van der Waals surface area contributed by atoms with Gasteiger partial charge in [0.15, 0.2) is 11.6 Å². The molecule has 0 aliphatic rings. The summed E-state index contributed by atoms with van der Waals surface area (Å²) in [6, 6.07) is 0. The Morgan fingerprint density at radius 2 is 2.06 bits per heavy atom. The van der Waals surface area contributed by atoms with E-state index in [4.69, 9.17) is 0 Å². The maximum Gasteiger partial charge on any atom is 0.344 e. The highest BCUT2D eigenvalue weighted by molar-refractivity contribution is 5.93. The summed E-state index contributed by atoms with van der Waals surface area (Å²) in [4.78, 5) is 14.3. The van der Waals surface area contributed by atoms with E-state index in [1.807, 2.05) is 0 Å². The molecular weight excluding hydrogens is 227 g/mol. The molecule has 0 saturated carbocycles. The van der Waals surface area contributed by atoms with Crippen LogP contribution in [-0.4, -0.2) is 25.2 Å². The van der Waals surface area contributed by atoms with E-state index in [1.54, 1.807) is 0 Å². The normalized spacial score (nSPS) is 10.4. The van der Waals surface area contributed by atoms with Crippen LogP contribution in [0.15, 0.2) is 6.20 Å². The Bertz CT molecular complexity index is 409. The summed E-state index contributed by atoms with van der Waals surface area (Å²) < 4.78 is 47.0. The quantitative estimate of drug-likeness (QED) is 0.751. The van der Waals surface area contributed by atoms with Crippen LogP contribution in [0.1, 0.15) is 22.5 Å². The second kappa shape index (κ2) is 4.82. The van der Waals surface area contributed by atoms with Crippen molar-refractivity contribution in [1.82, 2.24) is 4.98 Å². The summed E-state index contributed by atoms with van der Waals surface area (Å²) in [7, 11) is 2.04. The standard InChI is InChI=1S/C9H8F3NO3/c1-15-7-5(9(14)16-2)4(10)3-13-6(7)8(11)12/h3,8H,1-2H3. The van der Waals surface area contributed by atoms with Crippen molar-refractivity contribution in [3.63, 3.8) is 0 Å². The van der Waals surface area contributed by atoms with Crippen LogP contribution in [0.3, 0.4) is 0 Å². The summed E-state index contributed by atoms with van der Waals surface area (Å²) in [6.07, 6.45) is -2.45. The zero-order valence-corrected chi connectivity index (χ0v) is 8.46. The minimum Gasteiger partial charge on any atom is -0.494 e. The van der Waals surface area contributed by atoms with Gasteiger partial charge in [-0.1, -0.05) is 0 Å². The molecule has 88 valence electrons. The van der Waals surface area contributed by atoms with Crippen molar-refractivity contribution >= 4 is 5.97 Å². The number of aromatic nitrogens is 1. The fourth-order valence-corrected chi connectivity index (χ4v) is 1.14. The minimum absolute atomic E-state index is 0.524. The van der Waals surface area contributed by atoms with Gasteiger partial charge in [-0.15, -0.1) is 0 Å². The van der Waals surface area contributed by atoms with E-state index in [-0.39, 0.29) is 0 Å². The number of ether oxygens (including phenoxy) is 2. The van der Waals surface area contributed by atoms with E-state index in [0.717, 1.165) is 14.2 Å². The van der Waals surface area contributed by atoms with Crippen molar-refractivity contribution in [2.45, 2.75) is 6.43 Å². The number of hydrogen-bond donors (Lipinski definition) is 0. The van der Waals surface area contributed by atoms with Crippen LogP contribution < -0.4 is 4.74 Å². The van der Waals surface area contributed by atoms with Gasteiger partial charge >= 0.3 is 5.97 Å². The topological polar surface area (TPSA) is 48.4 Å². The lowest BCUT2D eigenvalue weighted by Crippen LogP contribution is -2.10. The molecule has 0 aliphatic heterocycles. The van der Waals surface area contributed by atoms with Gasteiger partial charge in [0.2, 0.25) is 0 Å². The van der Waals surface area contributed by atoms with Crippen LogP contribution in [0.2, 0.25) is 0 Å². The number of hydrogen-bond acceptors (Lipinski definition) is 4. The van der Waals surface area contributed by atoms with E-state index in [2.05, 4.69) is 14.5 Å². The van der Waals surface area contributed by atoms with Gasteiger partial charge < -0.3 is 9.47 Å². The molecule has 0 atom stereocenters. The minimum atomic E-state index is -2.97. The van der Waals surface area contributed by atoms with Gasteiger partial charge in [0, 0.05) is 0 Å². The summed E-state index contributed by atoms with van der Waals surface area (Å²) in [5.41, 5.74) is -1.49. The van der Waals surface area contributed by atoms with E-state index >= 15 is 0 Å². The Hall–Kier alpha value is -1.79. The molecule has 0 radical (unpaired) electrons. The molecule has 7 heteroatoms. The van der Waals surface area contributed by atoms with Gasteiger partial charge in [-0.25, -0.2) is 22.9 Å². The van der Waals surface area contributed by atoms with Crippen LogP contribution in [0.4, 0.5) is 13.2 Å². The van der Waals surface area contributed by atoms with Crippen LogP contribution in [0.25, 0.3) is 0 Å². The number of pyridine rings is 1. The zero-order valence-electron chi connectivity index (χ0n) is 8.46. The van der Waals surface area contributed by atoms with Crippen molar-refractivity contribution in [2.75, 3.05) is 14.2 Å². The molecule has 0 amide bonds. The van der Waals surface area contributed by atoms with E-state index in [1.165, 1.54) is 0 Å². The van der Waals surface area contributed by atoms with Crippen molar-refractivity contribution in [3.8, 4) is 5.75 Å². The lowest BCUT2D eigenvalue weighted by Gasteiger charge is -2.11. The lowest BCUT2D eigenvalue weighted by atomic mass is 10.2. The zero-order chi connectivity index (χ0) is 12.3. The van der Waals surface area contributed by atoms with Gasteiger partial charge in [-0.05, 0) is 0 Å². The van der Waals surface area contributed by atoms with Crippen molar-refractivity contribution in [2.24, 2.45) is 0 Å². The summed E-state index contributed by atoms with van der Waals surface area (Å²) in [5.74, 6) is -2.78. The van der Waals surface area contributed by atoms with Gasteiger partial charge in [-0.3, -0.25) is 0 Å². The second-order valence-electron chi connectivity index (χ2n) is 2.69. The number of nitrogens with zero attached hydrogens (tertiary/aromatic N) is 1. The second-order valence-corrected chi connectivity index (χ2v) is 2.69. The maximum absolute atomic E-state index is 13.2. The molecule has 0 aliphatic carbocycles. The van der Waals surface area contributed by atoms with Crippen LogP contribution in [0.5, 0.6) is 5.75 Å². The summed E-state index contributed by atoms with van der Waals surface area (Å²) >= 11 is 0. The van der Waals surface area contributed by atoms with E-state index < -0.39 is 35.2 Å². The number of carbonyl (C=O) groups excluding carboxylic acids is 1. The third-order valence-corrected chi connectivity index (χ3v) is 1.82. The first kappa shape index (κ1) is 12.3. The van der Waals surface area contributed by atoms with Crippen molar-refractivity contribution in [1.29, 1.82) is 0 Å². The molecule has 0 saturated heterocycles. The number of rotatable bonds is 3. The third-order valence-electron chi connectivity index (χ3n) is 1.82. The Morgan fingerprint density at radius 3 is 2.50 bits per heavy atom. The summed E-state index contributed by atoms with van der Waals surface area (Å²) in [5, 5.41) is 0. The SMILES string of the molecule is COC(=O)c1c(F)cnc(C(F)F)c1OC.